The summed E-state index contributed by atoms with van der Waals surface area (Å²) < 4.78 is 53.9. The highest BCUT2D eigenvalue weighted by molar-refractivity contribution is 7.85. The van der Waals surface area contributed by atoms with Crippen LogP contribution in [-0.4, -0.2) is 96.0 Å². The van der Waals surface area contributed by atoms with Crippen LogP contribution in [0.3, 0.4) is 0 Å². The molecule has 4 N–H and O–H groups in total. The smallest absolute Gasteiger partial charge is 0.306 e. The number of rotatable bonds is 36. The van der Waals surface area contributed by atoms with E-state index in [4.69, 9.17) is 18.9 Å². The highest BCUT2D eigenvalue weighted by Crippen LogP contribution is 2.24. The van der Waals surface area contributed by atoms with E-state index in [0.717, 1.165) is 38.5 Å². The molecule has 0 radical (unpaired) electrons. The van der Waals surface area contributed by atoms with Gasteiger partial charge in [-0.15, -0.1) is 0 Å². The zero-order valence-electron chi connectivity index (χ0n) is 34.7. The molecule has 56 heavy (non-hydrogen) atoms. The monoisotopic (exact) mass is 819 g/mol. The first-order valence-electron chi connectivity index (χ1n) is 21.9. The van der Waals surface area contributed by atoms with Crippen molar-refractivity contribution in [1.29, 1.82) is 0 Å². The zero-order chi connectivity index (χ0) is 41.3. The summed E-state index contributed by atoms with van der Waals surface area (Å²) in [7, 11) is -4.60. The summed E-state index contributed by atoms with van der Waals surface area (Å²) in [5, 5.41) is 30.8. The Hall–Kier alpha value is -1.87. The van der Waals surface area contributed by atoms with Crippen LogP contribution in [0.25, 0.3) is 0 Å². The second-order valence-electron chi connectivity index (χ2n) is 15.4. The summed E-state index contributed by atoms with van der Waals surface area (Å²) in [6, 6.07) is 0. The number of carbonyl (C=O) groups is 2. The van der Waals surface area contributed by atoms with Crippen molar-refractivity contribution in [3.63, 3.8) is 0 Å². The van der Waals surface area contributed by atoms with E-state index >= 15 is 0 Å². The third-order valence-corrected chi connectivity index (χ3v) is 10.8. The van der Waals surface area contributed by atoms with Crippen LogP contribution in [0.5, 0.6) is 0 Å². The second-order valence-corrected chi connectivity index (χ2v) is 16.9. The van der Waals surface area contributed by atoms with Crippen LogP contribution in [-0.2, 0) is 38.7 Å². The first kappa shape index (κ1) is 52.1. The number of carbonyl (C=O) groups excluding carboxylic acids is 2. The van der Waals surface area contributed by atoms with E-state index in [-0.39, 0.29) is 19.4 Å². The SMILES string of the molecule is CCCCCCCC/C=C/CCCCCC(=O)O[C@H](COC(=O)CC/C=C/CCCCCCCCCCCCC)CO[C@H]1O[C@H](CS(=O)(=O)O)[C@@H](O)C(O)C1O. The molecule has 1 fully saturated rings. The van der Waals surface area contributed by atoms with Gasteiger partial charge >= 0.3 is 11.9 Å². The topological polar surface area (TPSA) is 186 Å². The average molecular weight is 819 g/mol. The molecule has 0 aliphatic carbocycles. The van der Waals surface area contributed by atoms with Crippen LogP contribution in [0.2, 0.25) is 0 Å². The van der Waals surface area contributed by atoms with Gasteiger partial charge in [0.15, 0.2) is 12.4 Å². The van der Waals surface area contributed by atoms with Crippen LogP contribution in [0, 0.1) is 0 Å². The average Bonchev–Trinajstić information content (AvgIpc) is 3.16. The van der Waals surface area contributed by atoms with Crippen LogP contribution < -0.4 is 0 Å². The van der Waals surface area contributed by atoms with Crippen molar-refractivity contribution in [3.8, 4) is 0 Å². The summed E-state index contributed by atoms with van der Waals surface area (Å²) >= 11 is 0. The second kappa shape index (κ2) is 34.0. The molecule has 1 saturated heterocycles. The van der Waals surface area contributed by atoms with Crippen molar-refractivity contribution >= 4 is 22.1 Å². The largest absolute Gasteiger partial charge is 0.462 e. The minimum Gasteiger partial charge on any atom is -0.462 e. The van der Waals surface area contributed by atoms with Gasteiger partial charge in [0.2, 0.25) is 0 Å². The maximum Gasteiger partial charge on any atom is 0.306 e. The molecule has 0 bridgehead atoms. The lowest BCUT2D eigenvalue weighted by atomic mass is 10.00. The predicted molar refractivity (Wildman–Crippen MR) is 220 cm³/mol. The van der Waals surface area contributed by atoms with E-state index < -0.39 is 71.2 Å². The molecule has 0 aromatic rings. The van der Waals surface area contributed by atoms with Crippen molar-refractivity contribution < 1.29 is 56.8 Å². The zero-order valence-corrected chi connectivity index (χ0v) is 35.6. The van der Waals surface area contributed by atoms with Gasteiger partial charge in [0.05, 0.1) is 6.61 Å². The molecule has 1 heterocycles. The minimum absolute atomic E-state index is 0.134. The van der Waals surface area contributed by atoms with Crippen LogP contribution in [0.4, 0.5) is 0 Å². The van der Waals surface area contributed by atoms with Gasteiger partial charge in [-0.3, -0.25) is 14.1 Å². The van der Waals surface area contributed by atoms with Crippen LogP contribution in [0.15, 0.2) is 24.3 Å². The molecule has 1 aliphatic rings. The number of ether oxygens (including phenoxy) is 4. The summed E-state index contributed by atoms with van der Waals surface area (Å²) in [6.07, 6.45) is 26.7. The number of allylic oxidation sites excluding steroid dienone is 4. The fourth-order valence-electron chi connectivity index (χ4n) is 6.57. The van der Waals surface area contributed by atoms with E-state index in [0.29, 0.717) is 12.8 Å². The van der Waals surface area contributed by atoms with E-state index in [1.807, 2.05) is 6.08 Å². The summed E-state index contributed by atoms with van der Waals surface area (Å²) in [5.74, 6) is -2.06. The Morgan fingerprint density at radius 2 is 1.05 bits per heavy atom. The fraction of sp³-hybridized carbons (Fsp3) is 0.860. The predicted octanol–water partition coefficient (Wildman–Crippen LogP) is 8.45. The number of esters is 2. The third kappa shape index (κ3) is 28.5. The lowest BCUT2D eigenvalue weighted by Crippen LogP contribution is -2.60. The molecule has 0 spiro atoms. The molecule has 6 atom stereocenters. The van der Waals surface area contributed by atoms with Gasteiger partial charge in [0.1, 0.15) is 36.8 Å². The summed E-state index contributed by atoms with van der Waals surface area (Å²) in [5.41, 5.74) is 0. The number of aliphatic hydroxyl groups is 3. The van der Waals surface area contributed by atoms with E-state index in [1.54, 1.807) is 0 Å². The van der Waals surface area contributed by atoms with Gasteiger partial charge in [0, 0.05) is 12.8 Å². The number of hydrogen-bond acceptors (Lipinski definition) is 11. The maximum absolute atomic E-state index is 12.8. The van der Waals surface area contributed by atoms with E-state index in [1.165, 1.54) is 103 Å². The lowest BCUT2D eigenvalue weighted by Gasteiger charge is -2.40. The van der Waals surface area contributed by atoms with Gasteiger partial charge in [-0.05, 0) is 51.4 Å². The van der Waals surface area contributed by atoms with E-state index in [2.05, 4.69) is 32.1 Å². The van der Waals surface area contributed by atoms with Crippen molar-refractivity contribution in [3.05, 3.63) is 24.3 Å². The number of hydrogen-bond donors (Lipinski definition) is 4. The van der Waals surface area contributed by atoms with Crippen molar-refractivity contribution in [1.82, 2.24) is 0 Å². The highest BCUT2D eigenvalue weighted by Gasteiger charge is 2.46. The fourth-order valence-corrected chi connectivity index (χ4v) is 7.26. The molecule has 0 aromatic heterocycles. The van der Waals surface area contributed by atoms with Gasteiger partial charge in [-0.2, -0.15) is 8.42 Å². The normalized spacial score (nSPS) is 20.9. The van der Waals surface area contributed by atoms with Crippen LogP contribution >= 0.6 is 0 Å². The maximum atomic E-state index is 12.8. The quantitative estimate of drug-likeness (QED) is 0.0205. The Morgan fingerprint density at radius 3 is 1.55 bits per heavy atom. The molecule has 1 aliphatic heterocycles. The molecule has 0 saturated carbocycles. The van der Waals surface area contributed by atoms with Crippen molar-refractivity contribution in [2.24, 2.45) is 0 Å². The Bertz CT molecular complexity index is 1140. The third-order valence-electron chi connectivity index (χ3n) is 10.0. The van der Waals surface area contributed by atoms with Crippen LogP contribution in [0.1, 0.15) is 181 Å². The standard InChI is InChI=1S/C43H78O12S/c1-3-5-7-9-11-13-15-17-18-20-21-23-25-27-29-31-38(44)52-33-36(34-53-43-42(48)41(47)40(46)37(55-43)35-56(49,50)51)54-39(45)32-30-28-26-24-22-19-16-14-12-10-8-6-4-2/h19,22,25,27,36-37,40-43,46-48H,3-18,20-21,23-24,26,28-35H2,1-2H3,(H,49,50,51)/b22-19+,27-25+/t36-,37-,40-,41?,42?,43+/m1/s1. The van der Waals surface area contributed by atoms with Gasteiger partial charge in [-0.1, -0.05) is 141 Å². The molecule has 2 unspecified atom stereocenters. The minimum atomic E-state index is -4.60. The van der Waals surface area contributed by atoms with Gasteiger partial charge < -0.3 is 34.3 Å². The molecule has 13 heteroatoms. The molecule has 1 rings (SSSR count). The number of unbranched alkanes of at least 4 members (excludes halogenated alkanes) is 20. The number of aliphatic hydroxyl groups excluding tert-OH is 3. The van der Waals surface area contributed by atoms with Crippen molar-refractivity contribution in [2.75, 3.05) is 19.0 Å². The Morgan fingerprint density at radius 1 is 0.589 bits per heavy atom. The molecule has 328 valence electrons. The Labute approximate surface area is 338 Å². The van der Waals surface area contributed by atoms with Gasteiger partial charge in [-0.25, -0.2) is 0 Å². The first-order chi connectivity index (χ1) is 27.0. The van der Waals surface area contributed by atoms with E-state index in [9.17, 15) is 37.9 Å². The summed E-state index contributed by atoms with van der Waals surface area (Å²) in [6.45, 7) is 3.70. The Balaban J connectivity index is 2.49. The highest BCUT2D eigenvalue weighted by atomic mass is 32.2. The molecule has 12 nitrogen and oxygen atoms in total. The molecule has 0 amide bonds. The lowest BCUT2D eigenvalue weighted by molar-refractivity contribution is -0.297. The Kier molecular flexibility index (Phi) is 31.7. The molecular weight excluding hydrogens is 741 g/mol. The molecular formula is C43H78O12S. The van der Waals surface area contributed by atoms with Gasteiger partial charge in [0.25, 0.3) is 10.1 Å². The van der Waals surface area contributed by atoms with Crippen molar-refractivity contribution in [2.45, 2.75) is 218 Å². The first-order valence-corrected chi connectivity index (χ1v) is 23.5. The molecule has 0 aromatic carbocycles. The summed E-state index contributed by atoms with van der Waals surface area (Å²) in [4.78, 5) is 25.3.